The smallest absolute Gasteiger partial charge is 0.146 e. The van der Waals surface area contributed by atoms with Crippen molar-refractivity contribution >= 4 is 11.6 Å². The lowest BCUT2D eigenvalue weighted by atomic mass is 10.00. The van der Waals surface area contributed by atoms with Gasteiger partial charge in [0.25, 0.3) is 0 Å². The van der Waals surface area contributed by atoms with Gasteiger partial charge in [-0.15, -0.1) is 0 Å². The highest BCUT2D eigenvalue weighted by molar-refractivity contribution is 6.30. The highest BCUT2D eigenvalue weighted by atomic mass is 35.5. The van der Waals surface area contributed by atoms with Crippen molar-refractivity contribution < 1.29 is 4.39 Å². The lowest BCUT2D eigenvalue weighted by molar-refractivity contribution is 0.480. The first-order valence-electron chi connectivity index (χ1n) is 6.31. The van der Waals surface area contributed by atoms with Crippen LogP contribution in [0.15, 0.2) is 18.2 Å². The zero-order valence-electron chi connectivity index (χ0n) is 10.6. The van der Waals surface area contributed by atoms with Crippen molar-refractivity contribution in [2.24, 2.45) is 0 Å². The lowest BCUT2D eigenvalue weighted by Gasteiger charge is -2.17. The van der Waals surface area contributed by atoms with Crippen LogP contribution in [0.4, 0.5) is 4.39 Å². The predicted octanol–water partition coefficient (Wildman–Crippen LogP) is 4.71. The second-order valence-electron chi connectivity index (χ2n) is 4.33. The summed E-state index contributed by atoms with van der Waals surface area (Å²) in [4.78, 5) is 0. The molecule has 1 atom stereocenters. The Kier molecular flexibility index (Phi) is 6.53. The molecule has 0 saturated heterocycles. The van der Waals surface area contributed by atoms with Gasteiger partial charge < -0.3 is 5.32 Å². The fourth-order valence-corrected chi connectivity index (χ4v) is 2.20. The fraction of sp³-hybridized carbons (Fsp3) is 0.571. The van der Waals surface area contributed by atoms with Gasteiger partial charge in [0.15, 0.2) is 0 Å². The second-order valence-corrected chi connectivity index (χ2v) is 4.74. The fourth-order valence-electron chi connectivity index (χ4n) is 2.02. The molecule has 0 aromatic heterocycles. The Morgan fingerprint density at radius 2 is 2.06 bits per heavy atom. The summed E-state index contributed by atoms with van der Waals surface area (Å²) in [5, 5.41) is 3.37. The lowest BCUT2D eigenvalue weighted by Crippen LogP contribution is -2.17. The van der Waals surface area contributed by atoms with Crippen LogP contribution in [-0.4, -0.2) is 7.05 Å². The molecule has 17 heavy (non-hydrogen) atoms. The van der Waals surface area contributed by atoms with E-state index >= 15 is 0 Å². The van der Waals surface area contributed by atoms with E-state index in [9.17, 15) is 4.39 Å². The third kappa shape index (κ3) is 4.29. The van der Waals surface area contributed by atoms with Crippen LogP contribution >= 0.6 is 11.6 Å². The Balaban J connectivity index is 2.63. The summed E-state index contributed by atoms with van der Waals surface area (Å²) in [6, 6.07) is 5.26. The zero-order valence-corrected chi connectivity index (χ0v) is 11.4. The third-order valence-corrected chi connectivity index (χ3v) is 3.34. The summed E-state index contributed by atoms with van der Waals surface area (Å²) >= 11 is 5.80. The molecule has 96 valence electrons. The minimum atomic E-state index is -0.288. The molecule has 0 aliphatic heterocycles. The van der Waals surface area contributed by atoms with Crippen LogP contribution in [0.2, 0.25) is 5.02 Å². The Morgan fingerprint density at radius 3 is 2.71 bits per heavy atom. The SMILES string of the molecule is CCCCCCC(NC)c1cccc(Cl)c1F. The van der Waals surface area contributed by atoms with Gasteiger partial charge in [0.05, 0.1) is 5.02 Å². The first kappa shape index (κ1) is 14.5. The molecule has 0 saturated carbocycles. The van der Waals surface area contributed by atoms with Crippen LogP contribution in [-0.2, 0) is 0 Å². The number of hydrogen-bond acceptors (Lipinski definition) is 1. The molecule has 0 aliphatic carbocycles. The molecular weight excluding hydrogens is 237 g/mol. The van der Waals surface area contributed by atoms with Gasteiger partial charge in [-0.1, -0.05) is 56.3 Å². The first-order chi connectivity index (χ1) is 8.20. The largest absolute Gasteiger partial charge is 0.313 e. The van der Waals surface area contributed by atoms with Gasteiger partial charge in [0, 0.05) is 11.6 Å². The van der Waals surface area contributed by atoms with Crippen LogP contribution in [0.3, 0.4) is 0 Å². The predicted molar refractivity (Wildman–Crippen MR) is 72.0 cm³/mol. The number of halogens is 2. The van der Waals surface area contributed by atoms with Gasteiger partial charge in [0.1, 0.15) is 5.82 Å². The Labute approximate surface area is 108 Å². The van der Waals surface area contributed by atoms with Crippen LogP contribution in [0.25, 0.3) is 0 Å². The van der Waals surface area contributed by atoms with Gasteiger partial charge in [0.2, 0.25) is 0 Å². The van der Waals surface area contributed by atoms with Crippen molar-refractivity contribution in [3.63, 3.8) is 0 Å². The molecule has 0 radical (unpaired) electrons. The van der Waals surface area contributed by atoms with E-state index in [4.69, 9.17) is 11.6 Å². The van der Waals surface area contributed by atoms with E-state index in [1.165, 1.54) is 19.3 Å². The zero-order chi connectivity index (χ0) is 12.7. The number of rotatable bonds is 7. The van der Waals surface area contributed by atoms with E-state index in [2.05, 4.69) is 12.2 Å². The summed E-state index contributed by atoms with van der Waals surface area (Å²) in [7, 11) is 1.87. The number of hydrogen-bond donors (Lipinski definition) is 1. The van der Waals surface area contributed by atoms with Crippen molar-refractivity contribution in [3.8, 4) is 0 Å². The molecule has 1 unspecified atom stereocenters. The standard InChI is InChI=1S/C14H21ClFN/c1-3-4-5-6-10-13(17-2)11-8-7-9-12(15)14(11)16/h7-9,13,17H,3-6,10H2,1-2H3. The van der Waals surface area contributed by atoms with Gasteiger partial charge in [-0.2, -0.15) is 0 Å². The van der Waals surface area contributed by atoms with E-state index in [-0.39, 0.29) is 16.9 Å². The average molecular weight is 258 g/mol. The van der Waals surface area contributed by atoms with Crippen molar-refractivity contribution in [2.45, 2.75) is 45.1 Å². The van der Waals surface area contributed by atoms with Gasteiger partial charge in [-0.3, -0.25) is 0 Å². The normalized spacial score (nSPS) is 12.7. The Bertz CT molecular complexity index is 341. The summed E-state index contributed by atoms with van der Waals surface area (Å²) in [6.45, 7) is 2.19. The second kappa shape index (κ2) is 7.67. The highest BCUT2D eigenvalue weighted by Gasteiger charge is 2.15. The molecule has 0 bridgehead atoms. The van der Waals surface area contributed by atoms with E-state index in [1.54, 1.807) is 12.1 Å². The van der Waals surface area contributed by atoms with Gasteiger partial charge in [-0.25, -0.2) is 4.39 Å². The Hall–Kier alpha value is -0.600. The molecule has 0 spiro atoms. The first-order valence-corrected chi connectivity index (χ1v) is 6.69. The van der Waals surface area contributed by atoms with Crippen LogP contribution in [0, 0.1) is 5.82 Å². The maximum atomic E-state index is 13.8. The molecule has 0 aliphatic rings. The maximum absolute atomic E-state index is 13.8. The molecule has 0 amide bonds. The quantitative estimate of drug-likeness (QED) is 0.698. The van der Waals surface area contributed by atoms with E-state index < -0.39 is 0 Å². The molecule has 1 rings (SSSR count). The Morgan fingerprint density at radius 1 is 1.29 bits per heavy atom. The monoisotopic (exact) mass is 257 g/mol. The van der Waals surface area contributed by atoms with Crippen LogP contribution < -0.4 is 5.32 Å². The third-order valence-electron chi connectivity index (χ3n) is 3.05. The summed E-state index contributed by atoms with van der Waals surface area (Å²) in [5.41, 5.74) is 0.677. The molecule has 1 aromatic rings. The van der Waals surface area contributed by atoms with E-state index in [0.717, 1.165) is 12.8 Å². The van der Waals surface area contributed by atoms with Crippen LogP contribution in [0.5, 0.6) is 0 Å². The summed E-state index contributed by atoms with van der Waals surface area (Å²) < 4.78 is 13.8. The van der Waals surface area contributed by atoms with Crippen molar-refractivity contribution in [2.75, 3.05) is 7.05 Å². The average Bonchev–Trinajstić information content (AvgIpc) is 2.34. The summed E-state index contributed by atoms with van der Waals surface area (Å²) in [6.07, 6.45) is 5.74. The molecular formula is C14H21ClFN. The van der Waals surface area contributed by atoms with Crippen LogP contribution in [0.1, 0.15) is 50.6 Å². The maximum Gasteiger partial charge on any atom is 0.146 e. The molecule has 1 nitrogen and oxygen atoms in total. The van der Waals surface area contributed by atoms with Crippen molar-refractivity contribution in [1.82, 2.24) is 5.32 Å². The highest BCUT2D eigenvalue weighted by Crippen LogP contribution is 2.26. The molecule has 3 heteroatoms. The number of nitrogens with one attached hydrogen (secondary N) is 1. The minimum Gasteiger partial charge on any atom is -0.313 e. The van der Waals surface area contributed by atoms with Gasteiger partial charge >= 0.3 is 0 Å². The van der Waals surface area contributed by atoms with Gasteiger partial charge in [-0.05, 0) is 19.5 Å². The molecule has 0 heterocycles. The molecule has 1 aromatic carbocycles. The van der Waals surface area contributed by atoms with Crippen molar-refractivity contribution in [1.29, 1.82) is 0 Å². The number of benzene rings is 1. The van der Waals surface area contributed by atoms with Crippen molar-refractivity contribution in [3.05, 3.63) is 34.6 Å². The topological polar surface area (TPSA) is 12.0 Å². The molecule has 1 N–H and O–H groups in total. The molecule has 0 fully saturated rings. The van der Waals surface area contributed by atoms with E-state index in [0.29, 0.717) is 5.56 Å². The minimum absolute atomic E-state index is 0.0607. The van der Waals surface area contributed by atoms with E-state index in [1.807, 2.05) is 13.1 Å². The summed E-state index contributed by atoms with van der Waals surface area (Å²) in [5.74, 6) is -0.288. The number of unbranched alkanes of at least 4 members (excludes halogenated alkanes) is 3.